The van der Waals surface area contributed by atoms with Gasteiger partial charge >= 0.3 is 16.4 Å². The van der Waals surface area contributed by atoms with Crippen LogP contribution in [0.4, 0.5) is 17.1 Å². The maximum atomic E-state index is 11.7. The van der Waals surface area contributed by atoms with Gasteiger partial charge in [-0.1, -0.05) is 0 Å². The maximum Gasteiger partial charge on any atom is 0.403 e. The molecule has 0 radical (unpaired) electrons. The molecule has 0 saturated heterocycles. The third-order valence-electron chi connectivity index (χ3n) is 1.09. The van der Waals surface area contributed by atoms with Crippen molar-refractivity contribution in [1.29, 1.82) is 0 Å². The third-order valence-corrected chi connectivity index (χ3v) is 1.82. The monoisotopic (exact) mass is 209 g/mol. The van der Waals surface area contributed by atoms with E-state index in [1.165, 1.54) is 0 Å². The molecule has 0 aliphatic rings. The van der Waals surface area contributed by atoms with Gasteiger partial charge in [0.25, 0.3) is 0 Å². The van der Waals surface area contributed by atoms with Crippen molar-refractivity contribution in [2.24, 2.45) is 5.73 Å². The highest BCUT2D eigenvalue weighted by molar-refractivity contribution is 7.86. The first-order valence-electron chi connectivity index (χ1n) is 2.87. The highest BCUT2D eigenvalue weighted by Crippen LogP contribution is 2.20. The van der Waals surface area contributed by atoms with Crippen LogP contribution < -0.4 is 5.73 Å². The van der Waals surface area contributed by atoms with Gasteiger partial charge in [-0.2, -0.15) is 21.6 Å². The molecule has 0 rings (SSSR count). The summed E-state index contributed by atoms with van der Waals surface area (Å²) < 4.78 is 66.0. The third kappa shape index (κ3) is 5.30. The summed E-state index contributed by atoms with van der Waals surface area (Å²) in [6.07, 6.45) is -5.63. The van der Waals surface area contributed by atoms with E-state index in [4.69, 9.17) is 0 Å². The summed E-state index contributed by atoms with van der Waals surface area (Å²) in [5, 5.41) is 0. The van der Waals surface area contributed by atoms with Crippen LogP contribution in [-0.4, -0.2) is 26.4 Å². The lowest BCUT2D eigenvalue weighted by Gasteiger charge is -2.13. The Morgan fingerprint density at radius 1 is 1.33 bits per heavy atom. The summed E-state index contributed by atoms with van der Waals surface area (Å²) in [7, 11) is -4.86. The van der Waals surface area contributed by atoms with Gasteiger partial charge in [0, 0.05) is 0 Å². The second-order valence-electron chi connectivity index (χ2n) is 2.18. The van der Waals surface area contributed by atoms with E-state index < -0.39 is 34.6 Å². The molecular formula is C4H7F4NO2S. The number of alkyl halides is 3. The second kappa shape index (κ2) is 3.56. The predicted octanol–water partition coefficient (Wildman–Crippen LogP) is 0.565. The average molecular weight is 209 g/mol. The topological polar surface area (TPSA) is 60.2 Å². The second-order valence-corrected chi connectivity index (χ2v) is 3.67. The van der Waals surface area contributed by atoms with Crippen LogP contribution in [0, 0.1) is 0 Å². The number of nitrogens with two attached hydrogens (primary N) is 1. The van der Waals surface area contributed by atoms with Crippen LogP contribution in [-0.2, 0) is 10.2 Å². The number of rotatable bonds is 3. The lowest BCUT2D eigenvalue weighted by atomic mass is 10.2. The molecule has 0 spiro atoms. The van der Waals surface area contributed by atoms with Gasteiger partial charge in [-0.05, 0) is 6.42 Å². The first kappa shape index (κ1) is 11.6. The zero-order valence-electron chi connectivity index (χ0n) is 5.81. The van der Waals surface area contributed by atoms with Crippen LogP contribution >= 0.6 is 0 Å². The van der Waals surface area contributed by atoms with Gasteiger partial charge in [-0.15, -0.1) is 3.89 Å². The maximum absolute atomic E-state index is 11.7. The molecule has 0 saturated carbocycles. The Balaban J connectivity index is 3.97. The quantitative estimate of drug-likeness (QED) is 0.546. The smallest absolute Gasteiger partial charge is 0.320 e. The first-order chi connectivity index (χ1) is 5.13. The minimum absolute atomic E-state index is 0.956. The molecule has 12 heavy (non-hydrogen) atoms. The van der Waals surface area contributed by atoms with Crippen LogP contribution in [0.3, 0.4) is 0 Å². The molecule has 3 nitrogen and oxygen atoms in total. The summed E-state index contributed by atoms with van der Waals surface area (Å²) >= 11 is 0. The van der Waals surface area contributed by atoms with Gasteiger partial charge < -0.3 is 5.73 Å². The Morgan fingerprint density at radius 2 is 1.75 bits per heavy atom. The molecule has 0 aromatic heterocycles. The molecular weight excluding hydrogens is 202 g/mol. The van der Waals surface area contributed by atoms with E-state index in [0.29, 0.717) is 0 Å². The number of hydrogen-bond acceptors (Lipinski definition) is 3. The van der Waals surface area contributed by atoms with E-state index in [-0.39, 0.29) is 0 Å². The van der Waals surface area contributed by atoms with Gasteiger partial charge in [0.2, 0.25) is 0 Å². The highest BCUT2D eigenvalue weighted by atomic mass is 32.3. The van der Waals surface area contributed by atoms with Gasteiger partial charge in [-0.3, -0.25) is 0 Å². The Kier molecular flexibility index (Phi) is 3.45. The van der Waals surface area contributed by atoms with E-state index in [1.54, 1.807) is 0 Å². The molecule has 0 aromatic carbocycles. The fourth-order valence-corrected chi connectivity index (χ4v) is 0.967. The fraction of sp³-hybridized carbons (Fsp3) is 1.00. The normalized spacial score (nSPS) is 16.1. The lowest BCUT2D eigenvalue weighted by molar-refractivity contribution is -0.147. The van der Waals surface area contributed by atoms with Crippen LogP contribution in [0.25, 0.3) is 0 Å². The minimum atomic E-state index is -4.86. The fourth-order valence-electron chi connectivity index (χ4n) is 0.431. The molecule has 0 bridgehead atoms. The average Bonchev–Trinajstić information content (AvgIpc) is 1.78. The summed E-state index contributed by atoms with van der Waals surface area (Å²) in [6, 6.07) is -2.29. The summed E-state index contributed by atoms with van der Waals surface area (Å²) in [6.45, 7) is 0. The standard InChI is InChI=1S/C4H7F4NO2S/c5-4(6,7)3(9)1-2-12(8,10)11/h3H,1-2,9H2. The van der Waals surface area contributed by atoms with Crippen LogP contribution in [0.1, 0.15) is 6.42 Å². The summed E-state index contributed by atoms with van der Waals surface area (Å²) in [5.41, 5.74) is 4.50. The van der Waals surface area contributed by atoms with Crippen LogP contribution in [0.2, 0.25) is 0 Å². The van der Waals surface area contributed by atoms with Crippen molar-refractivity contribution in [2.45, 2.75) is 18.6 Å². The van der Waals surface area contributed by atoms with Crippen molar-refractivity contribution in [3.63, 3.8) is 0 Å². The van der Waals surface area contributed by atoms with Crippen molar-refractivity contribution < 1.29 is 25.5 Å². The molecule has 8 heteroatoms. The van der Waals surface area contributed by atoms with E-state index in [2.05, 4.69) is 5.73 Å². The molecule has 0 aliphatic heterocycles. The van der Waals surface area contributed by atoms with E-state index in [1.807, 2.05) is 0 Å². The molecule has 74 valence electrons. The molecule has 2 N–H and O–H groups in total. The summed E-state index contributed by atoms with van der Waals surface area (Å²) in [4.78, 5) is 0. The van der Waals surface area contributed by atoms with Crippen molar-refractivity contribution in [2.75, 3.05) is 5.75 Å². The number of hydrogen-bond donors (Lipinski definition) is 1. The Labute approximate surface area is 66.8 Å². The molecule has 0 fully saturated rings. The Bertz CT molecular complexity index is 234. The van der Waals surface area contributed by atoms with Crippen molar-refractivity contribution in [3.05, 3.63) is 0 Å². The highest BCUT2D eigenvalue weighted by Gasteiger charge is 2.37. The minimum Gasteiger partial charge on any atom is -0.320 e. The van der Waals surface area contributed by atoms with Gasteiger partial charge in [0.05, 0.1) is 5.75 Å². The summed E-state index contributed by atoms with van der Waals surface area (Å²) in [5.74, 6) is -1.20. The van der Waals surface area contributed by atoms with Gasteiger partial charge in [-0.25, -0.2) is 0 Å². The van der Waals surface area contributed by atoms with Crippen molar-refractivity contribution in [1.82, 2.24) is 0 Å². The van der Waals surface area contributed by atoms with Gasteiger partial charge in [0.1, 0.15) is 6.04 Å². The molecule has 0 aromatic rings. The molecule has 1 atom stereocenters. The van der Waals surface area contributed by atoms with Gasteiger partial charge in [0.15, 0.2) is 0 Å². The molecule has 0 aliphatic carbocycles. The Hall–Kier alpha value is -0.370. The van der Waals surface area contributed by atoms with Crippen molar-refractivity contribution >= 4 is 10.2 Å². The zero-order chi connectivity index (χ0) is 9.99. The SMILES string of the molecule is NC(CCS(=O)(=O)F)C(F)(F)F. The van der Waals surface area contributed by atoms with E-state index in [9.17, 15) is 25.5 Å². The largest absolute Gasteiger partial charge is 0.403 e. The predicted molar refractivity (Wildman–Crippen MR) is 33.5 cm³/mol. The van der Waals surface area contributed by atoms with Crippen LogP contribution in [0.5, 0.6) is 0 Å². The van der Waals surface area contributed by atoms with E-state index in [0.717, 1.165) is 0 Å². The Morgan fingerprint density at radius 3 is 2.00 bits per heavy atom. The number of halogens is 4. The molecule has 1 unspecified atom stereocenters. The lowest BCUT2D eigenvalue weighted by Crippen LogP contribution is -2.38. The van der Waals surface area contributed by atoms with Crippen molar-refractivity contribution in [3.8, 4) is 0 Å². The molecule has 0 heterocycles. The zero-order valence-corrected chi connectivity index (χ0v) is 6.62. The van der Waals surface area contributed by atoms with Crippen LogP contribution in [0.15, 0.2) is 0 Å². The first-order valence-corrected chi connectivity index (χ1v) is 4.43. The molecule has 0 amide bonds. The van der Waals surface area contributed by atoms with E-state index >= 15 is 0 Å².